The summed E-state index contributed by atoms with van der Waals surface area (Å²) < 4.78 is 14.9. The largest absolute Gasteiger partial charge is 0.382 e. The summed E-state index contributed by atoms with van der Waals surface area (Å²) in [5.41, 5.74) is 7.75. The van der Waals surface area contributed by atoms with Crippen LogP contribution < -0.4 is 5.73 Å². The number of benzene rings is 1. The molecule has 0 aliphatic heterocycles. The molecule has 18 heavy (non-hydrogen) atoms. The van der Waals surface area contributed by atoms with E-state index in [1.807, 2.05) is 10.6 Å². The van der Waals surface area contributed by atoms with Crippen molar-refractivity contribution in [2.45, 2.75) is 6.54 Å². The summed E-state index contributed by atoms with van der Waals surface area (Å²) in [6.07, 6.45) is 3.02. The maximum absolute atomic E-state index is 13.1. The maximum Gasteiger partial charge on any atom is 0.165 e. The Kier molecular flexibility index (Phi) is 2.40. The third-order valence-corrected chi connectivity index (χ3v) is 2.67. The molecule has 0 atom stereocenters. The monoisotopic (exact) mass is 243 g/mol. The van der Waals surface area contributed by atoms with E-state index in [1.165, 1.54) is 18.5 Å². The van der Waals surface area contributed by atoms with Crippen molar-refractivity contribution in [1.82, 2.24) is 19.5 Å². The van der Waals surface area contributed by atoms with Crippen LogP contribution >= 0.6 is 0 Å². The number of nitrogens with two attached hydrogens (primary N) is 1. The molecule has 0 fully saturated rings. The Morgan fingerprint density at radius 3 is 2.94 bits per heavy atom. The molecule has 1 aromatic carbocycles. The smallest absolute Gasteiger partial charge is 0.165 e. The number of nitrogens with zero attached hydrogens (tertiary/aromatic N) is 4. The van der Waals surface area contributed by atoms with Gasteiger partial charge in [0, 0.05) is 0 Å². The van der Waals surface area contributed by atoms with Crippen LogP contribution in [-0.2, 0) is 6.54 Å². The lowest BCUT2D eigenvalue weighted by atomic mass is 10.2. The van der Waals surface area contributed by atoms with Crippen LogP contribution in [0.25, 0.3) is 11.2 Å². The van der Waals surface area contributed by atoms with Crippen molar-refractivity contribution in [1.29, 1.82) is 0 Å². The van der Waals surface area contributed by atoms with Gasteiger partial charge in [0.05, 0.1) is 12.9 Å². The Morgan fingerprint density at radius 1 is 1.22 bits per heavy atom. The van der Waals surface area contributed by atoms with Crippen LogP contribution in [0, 0.1) is 5.82 Å². The highest BCUT2D eigenvalue weighted by atomic mass is 19.1. The van der Waals surface area contributed by atoms with Crippen molar-refractivity contribution in [3.05, 3.63) is 48.3 Å². The van der Waals surface area contributed by atoms with Gasteiger partial charge in [-0.3, -0.25) is 0 Å². The van der Waals surface area contributed by atoms with Gasteiger partial charge < -0.3 is 10.3 Å². The summed E-state index contributed by atoms with van der Waals surface area (Å²) in [7, 11) is 0. The molecular weight excluding hydrogens is 233 g/mol. The molecule has 2 aromatic heterocycles. The molecule has 0 saturated carbocycles. The molecule has 3 rings (SSSR count). The van der Waals surface area contributed by atoms with Crippen LogP contribution in [0.1, 0.15) is 5.56 Å². The summed E-state index contributed by atoms with van der Waals surface area (Å²) in [5.74, 6) is 0.0871. The van der Waals surface area contributed by atoms with Crippen LogP contribution in [0.4, 0.5) is 10.2 Å². The van der Waals surface area contributed by atoms with Crippen LogP contribution in [0.2, 0.25) is 0 Å². The zero-order valence-corrected chi connectivity index (χ0v) is 9.42. The number of nitrogen functional groups attached to an aromatic ring is 1. The third kappa shape index (κ3) is 1.77. The summed E-state index contributed by atoms with van der Waals surface area (Å²) in [4.78, 5) is 12.2. The van der Waals surface area contributed by atoms with Crippen molar-refractivity contribution in [3.8, 4) is 0 Å². The number of aromatic nitrogens is 4. The van der Waals surface area contributed by atoms with Gasteiger partial charge in [-0.15, -0.1) is 0 Å². The topological polar surface area (TPSA) is 69.6 Å². The van der Waals surface area contributed by atoms with Crippen molar-refractivity contribution in [2.24, 2.45) is 0 Å². The van der Waals surface area contributed by atoms with Gasteiger partial charge in [0.2, 0.25) is 0 Å². The average molecular weight is 243 g/mol. The number of anilines is 1. The second kappa shape index (κ2) is 4.06. The summed E-state index contributed by atoms with van der Waals surface area (Å²) in [6, 6.07) is 6.42. The molecule has 0 unspecified atom stereocenters. The van der Waals surface area contributed by atoms with Gasteiger partial charge >= 0.3 is 0 Å². The van der Waals surface area contributed by atoms with Crippen molar-refractivity contribution in [2.75, 3.05) is 5.73 Å². The molecular formula is C12H10FN5. The lowest BCUT2D eigenvalue weighted by molar-refractivity contribution is 0.624. The molecule has 0 amide bonds. The van der Waals surface area contributed by atoms with Gasteiger partial charge in [-0.05, 0) is 17.7 Å². The van der Waals surface area contributed by atoms with Crippen molar-refractivity contribution in [3.63, 3.8) is 0 Å². The molecule has 5 nitrogen and oxygen atoms in total. The lowest BCUT2D eigenvalue weighted by Gasteiger charge is -2.04. The maximum atomic E-state index is 13.1. The Bertz CT molecular complexity index is 707. The zero-order chi connectivity index (χ0) is 12.5. The van der Waals surface area contributed by atoms with E-state index in [0.29, 0.717) is 23.5 Å². The van der Waals surface area contributed by atoms with Gasteiger partial charge in [-0.25, -0.2) is 19.3 Å². The number of halogens is 1. The van der Waals surface area contributed by atoms with Gasteiger partial charge in [-0.1, -0.05) is 12.1 Å². The molecule has 0 spiro atoms. The van der Waals surface area contributed by atoms with E-state index in [-0.39, 0.29) is 5.82 Å². The van der Waals surface area contributed by atoms with Crippen molar-refractivity contribution < 1.29 is 4.39 Å². The first-order valence-electron chi connectivity index (χ1n) is 5.40. The number of hydrogen-bond donors (Lipinski definition) is 1. The zero-order valence-electron chi connectivity index (χ0n) is 9.42. The fourth-order valence-electron chi connectivity index (χ4n) is 1.85. The Hall–Kier alpha value is -2.50. The van der Waals surface area contributed by atoms with E-state index in [0.717, 1.165) is 5.56 Å². The molecule has 0 bridgehead atoms. The fourth-order valence-corrected chi connectivity index (χ4v) is 1.85. The molecule has 0 aliphatic rings. The van der Waals surface area contributed by atoms with E-state index < -0.39 is 0 Å². The first-order valence-corrected chi connectivity index (χ1v) is 5.40. The quantitative estimate of drug-likeness (QED) is 0.742. The van der Waals surface area contributed by atoms with Crippen LogP contribution in [0.15, 0.2) is 36.9 Å². The molecule has 0 aliphatic carbocycles. The number of rotatable bonds is 2. The van der Waals surface area contributed by atoms with E-state index in [9.17, 15) is 4.39 Å². The van der Waals surface area contributed by atoms with Crippen molar-refractivity contribution >= 4 is 17.0 Å². The second-order valence-corrected chi connectivity index (χ2v) is 3.93. The number of hydrogen-bond acceptors (Lipinski definition) is 4. The third-order valence-electron chi connectivity index (χ3n) is 2.67. The molecule has 90 valence electrons. The van der Waals surface area contributed by atoms with E-state index >= 15 is 0 Å². The minimum absolute atomic E-state index is 0.258. The standard InChI is InChI=1S/C12H10FN5/c13-9-3-1-2-8(4-9)5-18-7-17-10-11(14)15-6-16-12(10)18/h1-4,6-7H,5H2,(H2,14,15,16). The molecule has 6 heteroatoms. The van der Waals surface area contributed by atoms with Crippen LogP contribution in [0.5, 0.6) is 0 Å². The minimum atomic E-state index is -0.258. The highest BCUT2D eigenvalue weighted by molar-refractivity contribution is 5.81. The predicted molar refractivity (Wildman–Crippen MR) is 65.2 cm³/mol. The van der Waals surface area contributed by atoms with Gasteiger partial charge in [0.1, 0.15) is 17.7 Å². The lowest BCUT2D eigenvalue weighted by Crippen LogP contribution is -2.00. The number of imidazole rings is 1. The SMILES string of the molecule is Nc1ncnc2c1ncn2Cc1cccc(F)c1. The molecule has 2 heterocycles. The first-order chi connectivity index (χ1) is 8.74. The van der Waals surface area contributed by atoms with Crippen LogP contribution in [0.3, 0.4) is 0 Å². The fraction of sp³-hybridized carbons (Fsp3) is 0.0833. The van der Waals surface area contributed by atoms with Crippen LogP contribution in [-0.4, -0.2) is 19.5 Å². The normalized spacial score (nSPS) is 10.9. The first kappa shape index (κ1) is 10.6. The molecule has 3 aromatic rings. The van der Waals surface area contributed by atoms with Gasteiger partial charge in [0.25, 0.3) is 0 Å². The average Bonchev–Trinajstić information content (AvgIpc) is 2.74. The summed E-state index contributed by atoms with van der Waals surface area (Å²) in [5, 5.41) is 0. The predicted octanol–water partition coefficient (Wildman–Crippen LogP) is 1.60. The second-order valence-electron chi connectivity index (χ2n) is 3.93. The highest BCUT2D eigenvalue weighted by Crippen LogP contribution is 2.15. The summed E-state index contributed by atoms with van der Waals surface area (Å²) >= 11 is 0. The van der Waals surface area contributed by atoms with E-state index in [1.54, 1.807) is 12.4 Å². The molecule has 0 saturated heterocycles. The Labute approximate surface area is 102 Å². The Morgan fingerprint density at radius 2 is 2.11 bits per heavy atom. The minimum Gasteiger partial charge on any atom is -0.382 e. The number of fused-ring (bicyclic) bond motifs is 1. The van der Waals surface area contributed by atoms with E-state index in [2.05, 4.69) is 15.0 Å². The molecule has 0 radical (unpaired) electrons. The van der Waals surface area contributed by atoms with Gasteiger partial charge in [0.15, 0.2) is 11.5 Å². The van der Waals surface area contributed by atoms with Gasteiger partial charge in [-0.2, -0.15) is 0 Å². The highest BCUT2D eigenvalue weighted by Gasteiger charge is 2.08. The molecule has 2 N–H and O–H groups in total. The summed E-state index contributed by atoms with van der Waals surface area (Å²) in [6.45, 7) is 0.491. The van der Waals surface area contributed by atoms with E-state index in [4.69, 9.17) is 5.73 Å². The Balaban J connectivity index is 2.03.